The van der Waals surface area contributed by atoms with E-state index in [0.29, 0.717) is 6.10 Å². The van der Waals surface area contributed by atoms with Gasteiger partial charge in [-0.1, -0.05) is 12.1 Å². The fourth-order valence-corrected chi connectivity index (χ4v) is 3.28. The normalized spacial score (nSPS) is 22.8. The van der Waals surface area contributed by atoms with Gasteiger partial charge in [-0.15, -0.1) is 0 Å². The van der Waals surface area contributed by atoms with E-state index < -0.39 is 0 Å². The van der Waals surface area contributed by atoms with E-state index in [9.17, 15) is 0 Å². The molecule has 1 saturated heterocycles. The third-order valence-corrected chi connectivity index (χ3v) is 4.17. The Labute approximate surface area is 115 Å². The van der Waals surface area contributed by atoms with E-state index in [1.807, 2.05) is 0 Å². The minimum absolute atomic E-state index is 0.401. The lowest BCUT2D eigenvalue weighted by Crippen LogP contribution is -2.40. The van der Waals surface area contributed by atoms with Crippen molar-refractivity contribution in [3.05, 3.63) is 23.8 Å². The molecule has 3 rings (SSSR count). The highest BCUT2D eigenvalue weighted by Gasteiger charge is 2.23. The van der Waals surface area contributed by atoms with Gasteiger partial charge in [0.2, 0.25) is 0 Å². The number of ether oxygens (including phenoxy) is 1. The second kappa shape index (κ2) is 5.83. The highest BCUT2D eigenvalue weighted by molar-refractivity contribution is 5.74. The fraction of sp³-hybridized carbons (Fsp3) is 0.625. The first-order valence-corrected chi connectivity index (χ1v) is 7.61. The van der Waals surface area contributed by atoms with Crippen LogP contribution in [0.1, 0.15) is 31.7 Å². The number of aryl methyl sites for hydroxylation is 1. The van der Waals surface area contributed by atoms with Crippen LogP contribution in [-0.2, 0) is 11.2 Å². The smallest absolute Gasteiger partial charge is 0.0750 e. The molecular formula is C16H24N2O. The van der Waals surface area contributed by atoms with Crippen LogP contribution < -0.4 is 10.2 Å². The minimum Gasteiger partial charge on any atom is -0.383 e. The van der Waals surface area contributed by atoms with Gasteiger partial charge in [0.25, 0.3) is 0 Å². The molecule has 0 spiro atoms. The number of piperidine rings is 1. The van der Waals surface area contributed by atoms with Gasteiger partial charge >= 0.3 is 0 Å². The van der Waals surface area contributed by atoms with E-state index in [1.165, 1.54) is 42.6 Å². The fourth-order valence-electron chi connectivity index (χ4n) is 3.28. The summed E-state index contributed by atoms with van der Waals surface area (Å²) < 4.78 is 5.82. The van der Waals surface area contributed by atoms with Crippen LogP contribution in [0.4, 0.5) is 11.4 Å². The van der Waals surface area contributed by atoms with Gasteiger partial charge in [0.05, 0.1) is 17.5 Å². The number of nitrogens with zero attached hydrogens (tertiary/aromatic N) is 1. The van der Waals surface area contributed by atoms with E-state index in [-0.39, 0.29) is 0 Å². The van der Waals surface area contributed by atoms with Crippen molar-refractivity contribution in [2.24, 2.45) is 0 Å². The van der Waals surface area contributed by atoms with Crippen molar-refractivity contribution in [1.29, 1.82) is 0 Å². The van der Waals surface area contributed by atoms with Crippen LogP contribution in [0.2, 0.25) is 0 Å². The highest BCUT2D eigenvalue weighted by Crippen LogP contribution is 2.34. The summed E-state index contributed by atoms with van der Waals surface area (Å²) in [6.07, 6.45) is 5.29. The second-order valence-corrected chi connectivity index (χ2v) is 5.51. The molecule has 2 heterocycles. The number of nitrogens with one attached hydrogen (secondary N) is 1. The van der Waals surface area contributed by atoms with Gasteiger partial charge in [0, 0.05) is 26.2 Å². The Bertz CT molecular complexity index is 431. The molecule has 1 unspecified atom stereocenters. The largest absolute Gasteiger partial charge is 0.383 e. The van der Waals surface area contributed by atoms with Crippen LogP contribution in [0.25, 0.3) is 0 Å². The molecule has 1 N–H and O–H groups in total. The standard InChI is InChI=1S/C16H24N2O/c1-2-19-14-8-5-11-18(12-14)15-9-3-6-13-7-4-10-17-16(13)15/h3,6,9,14,17H,2,4-5,7-8,10-12H2,1H3. The average Bonchev–Trinajstić information content (AvgIpc) is 2.47. The zero-order valence-corrected chi connectivity index (χ0v) is 11.8. The lowest BCUT2D eigenvalue weighted by atomic mass is 10.00. The summed E-state index contributed by atoms with van der Waals surface area (Å²) in [6, 6.07) is 6.71. The first kappa shape index (κ1) is 12.8. The predicted molar refractivity (Wildman–Crippen MR) is 80.1 cm³/mol. The quantitative estimate of drug-likeness (QED) is 0.904. The van der Waals surface area contributed by atoms with Crippen molar-refractivity contribution in [2.75, 3.05) is 36.5 Å². The second-order valence-electron chi connectivity index (χ2n) is 5.51. The zero-order chi connectivity index (χ0) is 13.1. The number of benzene rings is 1. The van der Waals surface area contributed by atoms with Crippen LogP contribution in [0, 0.1) is 0 Å². The summed E-state index contributed by atoms with van der Waals surface area (Å²) in [7, 11) is 0. The number of fused-ring (bicyclic) bond motifs is 1. The van der Waals surface area contributed by atoms with Crippen LogP contribution in [0.3, 0.4) is 0 Å². The minimum atomic E-state index is 0.401. The Kier molecular flexibility index (Phi) is 3.92. The summed E-state index contributed by atoms with van der Waals surface area (Å²) in [5.74, 6) is 0. The van der Waals surface area contributed by atoms with Gasteiger partial charge < -0.3 is 15.0 Å². The molecule has 2 aliphatic heterocycles. The van der Waals surface area contributed by atoms with Gasteiger partial charge in [0.15, 0.2) is 0 Å². The monoisotopic (exact) mass is 260 g/mol. The molecule has 19 heavy (non-hydrogen) atoms. The topological polar surface area (TPSA) is 24.5 Å². The lowest BCUT2D eigenvalue weighted by molar-refractivity contribution is 0.0527. The van der Waals surface area contributed by atoms with Crippen molar-refractivity contribution in [1.82, 2.24) is 0 Å². The Morgan fingerprint density at radius 2 is 2.32 bits per heavy atom. The van der Waals surface area contributed by atoms with Gasteiger partial charge in [-0.2, -0.15) is 0 Å². The van der Waals surface area contributed by atoms with Crippen LogP contribution in [-0.4, -0.2) is 32.3 Å². The van der Waals surface area contributed by atoms with Crippen LogP contribution in [0.15, 0.2) is 18.2 Å². The molecule has 1 fully saturated rings. The molecule has 3 nitrogen and oxygen atoms in total. The van der Waals surface area contributed by atoms with Gasteiger partial charge in [0.1, 0.15) is 0 Å². The molecule has 104 valence electrons. The molecule has 1 aromatic rings. The predicted octanol–water partition coefficient (Wildman–Crippen LogP) is 3.05. The Hall–Kier alpha value is -1.22. The molecule has 1 aromatic carbocycles. The van der Waals surface area contributed by atoms with Crippen molar-refractivity contribution in [2.45, 2.75) is 38.7 Å². The first-order chi connectivity index (χ1) is 9.38. The van der Waals surface area contributed by atoms with E-state index in [2.05, 4.69) is 35.3 Å². The van der Waals surface area contributed by atoms with Crippen LogP contribution >= 0.6 is 0 Å². The van der Waals surface area contributed by atoms with E-state index in [1.54, 1.807) is 0 Å². The third-order valence-electron chi connectivity index (χ3n) is 4.17. The van der Waals surface area contributed by atoms with E-state index in [4.69, 9.17) is 4.74 Å². The molecule has 1 atom stereocenters. The van der Waals surface area contributed by atoms with E-state index in [0.717, 1.165) is 26.2 Å². The molecule has 0 aromatic heterocycles. The Morgan fingerprint density at radius 1 is 1.37 bits per heavy atom. The Morgan fingerprint density at radius 3 is 3.21 bits per heavy atom. The maximum atomic E-state index is 5.82. The molecule has 0 amide bonds. The molecule has 0 saturated carbocycles. The summed E-state index contributed by atoms with van der Waals surface area (Å²) in [5.41, 5.74) is 4.22. The third kappa shape index (κ3) is 2.71. The number of hydrogen-bond acceptors (Lipinski definition) is 3. The first-order valence-electron chi connectivity index (χ1n) is 7.61. The molecule has 0 radical (unpaired) electrons. The van der Waals surface area contributed by atoms with Gasteiger partial charge in [-0.25, -0.2) is 0 Å². The highest BCUT2D eigenvalue weighted by atomic mass is 16.5. The zero-order valence-electron chi connectivity index (χ0n) is 11.8. The lowest BCUT2D eigenvalue weighted by Gasteiger charge is -2.36. The molecule has 0 aliphatic carbocycles. The summed E-state index contributed by atoms with van der Waals surface area (Å²) in [6.45, 7) is 6.20. The van der Waals surface area contributed by atoms with Gasteiger partial charge in [-0.3, -0.25) is 0 Å². The number of hydrogen-bond donors (Lipinski definition) is 1. The van der Waals surface area contributed by atoms with Crippen molar-refractivity contribution < 1.29 is 4.74 Å². The summed E-state index contributed by atoms with van der Waals surface area (Å²) in [5, 5.41) is 3.59. The Balaban J connectivity index is 1.81. The molecular weight excluding hydrogens is 236 g/mol. The van der Waals surface area contributed by atoms with Crippen LogP contribution in [0.5, 0.6) is 0 Å². The summed E-state index contributed by atoms with van der Waals surface area (Å²) >= 11 is 0. The number of rotatable bonds is 3. The maximum Gasteiger partial charge on any atom is 0.0750 e. The molecule has 2 aliphatic rings. The van der Waals surface area contributed by atoms with Crippen molar-refractivity contribution >= 4 is 11.4 Å². The van der Waals surface area contributed by atoms with E-state index >= 15 is 0 Å². The van der Waals surface area contributed by atoms with Gasteiger partial charge in [-0.05, 0) is 44.2 Å². The molecule has 0 bridgehead atoms. The maximum absolute atomic E-state index is 5.82. The van der Waals surface area contributed by atoms with Crippen molar-refractivity contribution in [3.8, 4) is 0 Å². The molecule has 3 heteroatoms. The average molecular weight is 260 g/mol. The van der Waals surface area contributed by atoms with Crippen molar-refractivity contribution in [3.63, 3.8) is 0 Å². The number of anilines is 2. The SMILES string of the molecule is CCOC1CCCN(c2cccc3c2NCCC3)C1. The number of para-hydroxylation sites is 1. The summed E-state index contributed by atoms with van der Waals surface area (Å²) in [4.78, 5) is 2.50.